The number of ketones is 2. The number of rotatable bonds is 7. The van der Waals surface area contributed by atoms with Gasteiger partial charge in [0.15, 0.2) is 17.2 Å². The van der Waals surface area contributed by atoms with Crippen molar-refractivity contribution in [1.29, 1.82) is 0 Å². The van der Waals surface area contributed by atoms with E-state index < -0.39 is 17.6 Å². The van der Waals surface area contributed by atoms with E-state index in [4.69, 9.17) is 9.47 Å². The van der Waals surface area contributed by atoms with Crippen molar-refractivity contribution in [2.45, 2.75) is 50.3 Å². The minimum atomic E-state index is -1.34. The Morgan fingerprint density at radius 3 is 2.64 bits per heavy atom. The fourth-order valence-electron chi connectivity index (χ4n) is 6.49. The van der Waals surface area contributed by atoms with E-state index in [1.54, 1.807) is 28.0 Å². The van der Waals surface area contributed by atoms with Crippen LogP contribution in [0.2, 0.25) is 0 Å². The number of fused-ring (bicyclic) bond motifs is 2. The van der Waals surface area contributed by atoms with Crippen LogP contribution in [-0.2, 0) is 35.2 Å². The molecule has 3 aliphatic carbocycles. The van der Waals surface area contributed by atoms with Crippen molar-refractivity contribution < 1.29 is 37.8 Å². The smallest absolute Gasteiger partial charge is 0.319 e. The summed E-state index contributed by atoms with van der Waals surface area (Å²) in [6.07, 6.45) is 5.72. The third-order valence-corrected chi connectivity index (χ3v) is 8.68. The van der Waals surface area contributed by atoms with Crippen LogP contribution < -0.4 is 10.6 Å². The van der Waals surface area contributed by atoms with Crippen LogP contribution in [0.25, 0.3) is 0 Å². The van der Waals surface area contributed by atoms with Crippen LogP contribution in [0.5, 0.6) is 0 Å². The summed E-state index contributed by atoms with van der Waals surface area (Å²) in [6.45, 7) is 0.326. The molecule has 1 heterocycles. The van der Waals surface area contributed by atoms with E-state index in [1.165, 1.54) is 32.4 Å². The molecule has 0 aromatic heterocycles. The predicted molar refractivity (Wildman–Crippen MR) is 147 cm³/mol. The molecule has 0 bridgehead atoms. The fraction of sp³-hybridized carbons (Fsp3) is 0.500. The molecule has 1 aromatic rings. The number of Topliss-reactive ketones (excluding diaryl/α,β-unsaturated/α-hetero) is 2. The van der Waals surface area contributed by atoms with Crippen molar-refractivity contribution in [1.82, 2.24) is 20.4 Å². The van der Waals surface area contributed by atoms with Crippen LogP contribution in [-0.4, -0.2) is 84.9 Å². The van der Waals surface area contributed by atoms with Crippen LogP contribution in [0.3, 0.4) is 0 Å². The average molecular weight is 583 g/mol. The number of carbonyl (C=O) groups is 5. The molecule has 2 N–H and O–H groups in total. The van der Waals surface area contributed by atoms with Gasteiger partial charge in [-0.2, -0.15) is 0 Å². The van der Waals surface area contributed by atoms with Gasteiger partial charge < -0.3 is 25.0 Å². The zero-order valence-electron chi connectivity index (χ0n) is 23.7. The maximum Gasteiger partial charge on any atom is 0.319 e. The topological polar surface area (TPSA) is 134 Å². The molecule has 0 radical (unpaired) electrons. The first kappa shape index (κ1) is 29.6. The second kappa shape index (κ2) is 12.1. The number of carbonyl (C=O) groups excluding carboxylic acids is 5. The lowest BCUT2D eigenvalue weighted by Gasteiger charge is -2.37. The molecule has 4 aliphatic rings. The molecular formula is C30H35FN4O7. The highest BCUT2D eigenvalue weighted by Crippen LogP contribution is 2.45. The van der Waals surface area contributed by atoms with Gasteiger partial charge in [-0.3, -0.25) is 24.1 Å². The molecule has 12 heteroatoms. The number of ether oxygens (including phenoxy) is 2. The Bertz CT molecular complexity index is 1340. The molecular weight excluding hydrogens is 547 g/mol. The van der Waals surface area contributed by atoms with Gasteiger partial charge in [-0.05, 0) is 48.6 Å². The number of allylic oxidation sites excluding steroid dienone is 3. The Morgan fingerprint density at radius 1 is 1.17 bits per heavy atom. The van der Waals surface area contributed by atoms with Gasteiger partial charge in [0.1, 0.15) is 12.5 Å². The standard InChI is InChI=1S/C30H35FN4O7/c1-32-29(40)33-24-11-10-23-22(27(24)38)13-25(36)30(23)16-34(17-42-30)15-26(37)35(14-18-6-8-20(31)9-7-18)21-5-3-4-19(12-21)28(39)41-2/h6-11,19,21-22H,3-5,12-17H2,1-2H3,(H2,32,33,40)/t19-,21+,22?,30+/m1/s1. The lowest BCUT2D eigenvalue weighted by molar-refractivity contribution is -0.149. The third-order valence-electron chi connectivity index (χ3n) is 8.68. The molecule has 11 nitrogen and oxygen atoms in total. The molecule has 1 saturated heterocycles. The molecule has 1 aromatic carbocycles. The van der Waals surface area contributed by atoms with Crippen molar-refractivity contribution in [3.63, 3.8) is 0 Å². The maximum atomic E-state index is 13.8. The first-order valence-electron chi connectivity index (χ1n) is 14.1. The lowest BCUT2D eigenvalue weighted by atomic mass is 9.84. The molecule has 1 unspecified atom stereocenters. The number of urea groups is 1. The zero-order chi connectivity index (χ0) is 30.0. The molecule has 1 spiro atoms. The number of benzene rings is 1. The fourth-order valence-corrected chi connectivity index (χ4v) is 6.49. The highest BCUT2D eigenvalue weighted by molar-refractivity contribution is 6.10. The molecule has 2 saturated carbocycles. The molecule has 42 heavy (non-hydrogen) atoms. The Morgan fingerprint density at radius 2 is 1.93 bits per heavy atom. The highest BCUT2D eigenvalue weighted by Gasteiger charge is 2.58. The van der Waals surface area contributed by atoms with Crippen molar-refractivity contribution in [3.8, 4) is 0 Å². The summed E-state index contributed by atoms with van der Waals surface area (Å²) in [7, 11) is 2.79. The van der Waals surface area contributed by atoms with Crippen molar-refractivity contribution in [3.05, 3.63) is 59.1 Å². The minimum Gasteiger partial charge on any atom is -0.469 e. The maximum absolute atomic E-state index is 13.8. The Kier molecular flexibility index (Phi) is 8.55. The number of methoxy groups -OCH3 is 1. The van der Waals surface area contributed by atoms with E-state index in [1.807, 2.05) is 0 Å². The quantitative estimate of drug-likeness (QED) is 0.465. The van der Waals surface area contributed by atoms with Gasteiger partial charge in [-0.25, -0.2) is 9.18 Å². The molecule has 224 valence electrons. The lowest BCUT2D eigenvalue weighted by Crippen LogP contribution is -2.48. The SMILES string of the molecule is CNC(=O)NC1=CC=C2C(CC(=O)[C@]23CN(CC(=O)N(Cc2ccc(F)cc2)[C@H]2CCC[C@@H](C(=O)OC)C2)CO3)C1=O. The normalized spacial score (nSPS) is 27.3. The van der Waals surface area contributed by atoms with E-state index >= 15 is 0 Å². The van der Waals surface area contributed by atoms with Crippen LogP contribution >= 0.6 is 0 Å². The Hall–Kier alpha value is -3.90. The summed E-state index contributed by atoms with van der Waals surface area (Å²) in [5, 5.41) is 4.89. The number of hydrogen-bond acceptors (Lipinski definition) is 8. The second-order valence-electron chi connectivity index (χ2n) is 11.2. The summed E-state index contributed by atoms with van der Waals surface area (Å²) in [5.41, 5.74) is 0.0586. The van der Waals surface area contributed by atoms with E-state index in [0.29, 0.717) is 18.4 Å². The number of halogens is 1. The minimum absolute atomic E-state index is 0.0165. The largest absolute Gasteiger partial charge is 0.469 e. The van der Waals surface area contributed by atoms with Gasteiger partial charge in [-0.15, -0.1) is 0 Å². The number of nitrogens with zero attached hydrogens (tertiary/aromatic N) is 2. The van der Waals surface area contributed by atoms with Gasteiger partial charge in [0.25, 0.3) is 0 Å². The molecule has 4 atom stereocenters. The summed E-state index contributed by atoms with van der Waals surface area (Å²) in [4.78, 5) is 67.7. The number of amides is 3. The summed E-state index contributed by atoms with van der Waals surface area (Å²) in [6, 6.07) is 5.21. The van der Waals surface area contributed by atoms with Crippen LogP contribution in [0.1, 0.15) is 37.7 Å². The number of hydrogen-bond donors (Lipinski definition) is 2. The number of esters is 1. The molecule has 5 rings (SSSR count). The summed E-state index contributed by atoms with van der Waals surface area (Å²) >= 11 is 0. The van der Waals surface area contributed by atoms with E-state index in [2.05, 4.69) is 10.6 Å². The molecule has 3 fully saturated rings. The third kappa shape index (κ3) is 5.73. The van der Waals surface area contributed by atoms with Gasteiger partial charge in [-0.1, -0.05) is 24.6 Å². The second-order valence-corrected chi connectivity index (χ2v) is 11.2. The molecule has 3 amide bonds. The molecule has 1 aliphatic heterocycles. The van der Waals surface area contributed by atoms with Crippen molar-refractivity contribution in [2.75, 3.05) is 34.0 Å². The summed E-state index contributed by atoms with van der Waals surface area (Å²) in [5.74, 6) is -2.52. The monoisotopic (exact) mass is 582 g/mol. The van der Waals surface area contributed by atoms with E-state index in [-0.39, 0.29) is 79.7 Å². The van der Waals surface area contributed by atoms with Crippen LogP contribution in [0, 0.1) is 17.7 Å². The van der Waals surface area contributed by atoms with Gasteiger partial charge in [0.2, 0.25) is 5.91 Å². The predicted octanol–water partition coefficient (Wildman–Crippen LogP) is 1.83. The van der Waals surface area contributed by atoms with E-state index in [9.17, 15) is 28.4 Å². The van der Waals surface area contributed by atoms with Crippen LogP contribution in [0.15, 0.2) is 47.7 Å². The van der Waals surface area contributed by atoms with Crippen LogP contribution in [0.4, 0.5) is 9.18 Å². The first-order valence-corrected chi connectivity index (χ1v) is 14.1. The first-order chi connectivity index (χ1) is 20.1. The van der Waals surface area contributed by atoms with Gasteiger partial charge >= 0.3 is 12.0 Å². The van der Waals surface area contributed by atoms with Crippen molar-refractivity contribution in [2.24, 2.45) is 11.8 Å². The highest BCUT2D eigenvalue weighted by atomic mass is 19.1. The van der Waals surface area contributed by atoms with Crippen molar-refractivity contribution >= 4 is 29.5 Å². The van der Waals surface area contributed by atoms with E-state index in [0.717, 1.165) is 18.4 Å². The Labute approximate surface area is 243 Å². The Balaban J connectivity index is 1.33. The average Bonchev–Trinajstić information content (AvgIpc) is 3.54. The van der Waals surface area contributed by atoms with Gasteiger partial charge in [0, 0.05) is 32.6 Å². The summed E-state index contributed by atoms with van der Waals surface area (Å²) < 4.78 is 24.6. The zero-order valence-corrected chi connectivity index (χ0v) is 23.7. The number of nitrogens with one attached hydrogen (secondary N) is 2. The van der Waals surface area contributed by atoms with Gasteiger partial charge in [0.05, 0.1) is 31.2 Å².